The lowest BCUT2D eigenvalue weighted by Gasteiger charge is -2.16. The largest absolute Gasteiger partial charge is 0.336 e. The number of rotatable bonds is 5. The van der Waals surface area contributed by atoms with Crippen molar-refractivity contribution in [3.8, 4) is 0 Å². The fraction of sp³-hybridized carbons (Fsp3) is 0.385. The molecular weight excluding hydrogens is 328 g/mol. The molecule has 1 N–H and O–H groups in total. The molecule has 0 fully saturated rings. The molecule has 0 saturated carbocycles. The molecule has 1 aromatic rings. The number of amides is 2. The first-order chi connectivity index (χ1) is 8.93. The van der Waals surface area contributed by atoms with Gasteiger partial charge in [0.2, 0.25) is 11.8 Å². The predicted octanol–water partition coefficient (Wildman–Crippen LogP) is 2.52. The molecule has 0 bridgehead atoms. The number of carbonyl (C=O) groups excluding carboxylic acids is 2. The number of aryl methyl sites for hydroxylation is 1. The zero-order chi connectivity index (χ0) is 14.4. The maximum absolute atomic E-state index is 11.8. The smallest absolute Gasteiger partial charge is 0.243 e. The van der Waals surface area contributed by atoms with Crippen LogP contribution in [0, 0.1) is 6.92 Å². The van der Waals surface area contributed by atoms with Crippen LogP contribution in [0.4, 0.5) is 5.69 Å². The molecule has 0 atom stereocenters. The van der Waals surface area contributed by atoms with Crippen LogP contribution in [0.1, 0.15) is 5.56 Å². The molecule has 0 aliphatic rings. The first-order valence-electron chi connectivity index (χ1n) is 5.73. The summed E-state index contributed by atoms with van der Waals surface area (Å²) < 4.78 is 0.968. The summed E-state index contributed by atoms with van der Waals surface area (Å²) >= 11 is 4.82. The van der Waals surface area contributed by atoms with Crippen molar-refractivity contribution in [3.05, 3.63) is 28.2 Å². The van der Waals surface area contributed by atoms with Crippen molar-refractivity contribution >= 4 is 45.2 Å². The Kier molecular flexibility index (Phi) is 6.37. The maximum atomic E-state index is 11.8. The Labute approximate surface area is 126 Å². The molecule has 0 heterocycles. The van der Waals surface area contributed by atoms with E-state index in [9.17, 15) is 9.59 Å². The Morgan fingerprint density at radius 1 is 1.42 bits per heavy atom. The quantitative estimate of drug-likeness (QED) is 0.892. The number of thioether (sulfide) groups is 1. The monoisotopic (exact) mass is 344 g/mol. The molecule has 1 rings (SSSR count). The van der Waals surface area contributed by atoms with Crippen LogP contribution in [-0.4, -0.2) is 42.3 Å². The Hall–Kier alpha value is -1.01. The lowest BCUT2D eigenvalue weighted by molar-refractivity contribution is -0.131. The first-order valence-corrected chi connectivity index (χ1v) is 7.91. The van der Waals surface area contributed by atoms with Gasteiger partial charge in [0.05, 0.1) is 12.3 Å². The summed E-state index contributed by atoms with van der Waals surface area (Å²) in [5.41, 5.74) is 1.74. The van der Waals surface area contributed by atoms with E-state index in [1.165, 1.54) is 16.7 Å². The van der Waals surface area contributed by atoms with Crippen LogP contribution < -0.4 is 5.32 Å². The minimum absolute atomic E-state index is 0.0461. The molecule has 0 saturated heterocycles. The van der Waals surface area contributed by atoms with E-state index in [1.807, 2.05) is 31.4 Å². The van der Waals surface area contributed by atoms with Crippen molar-refractivity contribution in [1.82, 2.24) is 4.90 Å². The van der Waals surface area contributed by atoms with Crippen molar-refractivity contribution < 1.29 is 9.59 Å². The van der Waals surface area contributed by atoms with Gasteiger partial charge in [0, 0.05) is 17.2 Å². The van der Waals surface area contributed by atoms with Gasteiger partial charge in [0.1, 0.15) is 0 Å². The summed E-state index contributed by atoms with van der Waals surface area (Å²) in [6.07, 6.45) is 1.86. The number of benzene rings is 1. The maximum Gasteiger partial charge on any atom is 0.243 e. The number of hydrogen-bond acceptors (Lipinski definition) is 3. The summed E-state index contributed by atoms with van der Waals surface area (Å²) in [5, 5.41) is 2.80. The minimum Gasteiger partial charge on any atom is -0.336 e. The lowest BCUT2D eigenvalue weighted by Crippen LogP contribution is -2.36. The predicted molar refractivity (Wildman–Crippen MR) is 83.5 cm³/mol. The second-order valence-corrected chi connectivity index (χ2v) is 5.97. The normalized spacial score (nSPS) is 10.1. The van der Waals surface area contributed by atoms with E-state index < -0.39 is 0 Å². The Balaban J connectivity index is 2.58. The van der Waals surface area contributed by atoms with Gasteiger partial charge in [-0.3, -0.25) is 9.59 Å². The zero-order valence-electron chi connectivity index (χ0n) is 11.2. The SMILES string of the molecule is CSCC(=O)N(C)CC(=O)Nc1ccc(Br)cc1C. The van der Waals surface area contributed by atoms with Crippen LogP contribution in [-0.2, 0) is 9.59 Å². The van der Waals surface area contributed by atoms with E-state index in [1.54, 1.807) is 7.05 Å². The number of halogens is 1. The van der Waals surface area contributed by atoms with Gasteiger partial charge in [0.15, 0.2) is 0 Å². The summed E-state index contributed by atoms with van der Waals surface area (Å²) in [6, 6.07) is 5.63. The highest BCUT2D eigenvalue weighted by Gasteiger charge is 2.12. The van der Waals surface area contributed by atoms with E-state index in [0.717, 1.165) is 15.7 Å². The van der Waals surface area contributed by atoms with Crippen molar-refractivity contribution in [2.24, 2.45) is 0 Å². The molecule has 19 heavy (non-hydrogen) atoms. The van der Waals surface area contributed by atoms with E-state index in [2.05, 4.69) is 21.2 Å². The highest BCUT2D eigenvalue weighted by Crippen LogP contribution is 2.19. The first kappa shape index (κ1) is 16.0. The van der Waals surface area contributed by atoms with Crippen LogP contribution >= 0.6 is 27.7 Å². The van der Waals surface area contributed by atoms with Crippen molar-refractivity contribution in [1.29, 1.82) is 0 Å². The number of hydrogen-bond donors (Lipinski definition) is 1. The average Bonchev–Trinajstić information content (AvgIpc) is 2.33. The van der Waals surface area contributed by atoms with Gasteiger partial charge in [-0.15, -0.1) is 0 Å². The molecular formula is C13H17BrN2O2S. The third-order valence-corrected chi connectivity index (χ3v) is 3.57. The fourth-order valence-corrected chi connectivity index (χ4v) is 2.44. The van der Waals surface area contributed by atoms with Crippen molar-refractivity contribution in [2.45, 2.75) is 6.92 Å². The van der Waals surface area contributed by atoms with Crippen LogP contribution in [0.3, 0.4) is 0 Å². The molecule has 1 aromatic carbocycles. The Bertz CT molecular complexity index is 480. The minimum atomic E-state index is -0.192. The van der Waals surface area contributed by atoms with Crippen LogP contribution in [0.2, 0.25) is 0 Å². The third kappa shape index (κ3) is 5.24. The van der Waals surface area contributed by atoms with Crippen molar-refractivity contribution in [3.63, 3.8) is 0 Å². The third-order valence-electron chi connectivity index (χ3n) is 2.54. The number of carbonyl (C=O) groups is 2. The molecule has 0 unspecified atom stereocenters. The van der Waals surface area contributed by atoms with E-state index in [4.69, 9.17) is 0 Å². The molecule has 104 valence electrons. The lowest BCUT2D eigenvalue weighted by atomic mass is 10.2. The van der Waals surface area contributed by atoms with Gasteiger partial charge in [-0.05, 0) is 36.9 Å². The highest BCUT2D eigenvalue weighted by atomic mass is 79.9. The van der Waals surface area contributed by atoms with Crippen LogP contribution in [0.15, 0.2) is 22.7 Å². The summed E-state index contributed by atoms with van der Waals surface area (Å²) in [4.78, 5) is 24.8. The van der Waals surface area contributed by atoms with Crippen molar-refractivity contribution in [2.75, 3.05) is 30.9 Å². The fourth-order valence-electron chi connectivity index (χ4n) is 1.49. The van der Waals surface area contributed by atoms with E-state index in [0.29, 0.717) is 5.75 Å². The number of anilines is 1. The molecule has 4 nitrogen and oxygen atoms in total. The van der Waals surface area contributed by atoms with E-state index >= 15 is 0 Å². The van der Waals surface area contributed by atoms with Gasteiger partial charge in [-0.1, -0.05) is 15.9 Å². The second-order valence-electron chi connectivity index (χ2n) is 4.19. The average molecular weight is 345 g/mol. The molecule has 0 radical (unpaired) electrons. The molecule has 0 aliphatic carbocycles. The van der Waals surface area contributed by atoms with Gasteiger partial charge in [-0.25, -0.2) is 0 Å². The molecule has 0 aromatic heterocycles. The summed E-state index contributed by atoms with van der Waals surface area (Å²) in [5.74, 6) is 0.152. The van der Waals surface area contributed by atoms with Crippen LogP contribution in [0.25, 0.3) is 0 Å². The van der Waals surface area contributed by atoms with Crippen LogP contribution in [0.5, 0.6) is 0 Å². The summed E-state index contributed by atoms with van der Waals surface area (Å²) in [6.45, 7) is 1.98. The highest BCUT2D eigenvalue weighted by molar-refractivity contribution is 9.10. The number of nitrogens with one attached hydrogen (secondary N) is 1. The second kappa shape index (κ2) is 7.55. The molecule has 0 spiro atoms. The van der Waals surface area contributed by atoms with Gasteiger partial charge >= 0.3 is 0 Å². The van der Waals surface area contributed by atoms with Gasteiger partial charge < -0.3 is 10.2 Å². The Morgan fingerprint density at radius 2 is 2.11 bits per heavy atom. The molecule has 0 aliphatic heterocycles. The molecule has 2 amide bonds. The summed E-state index contributed by atoms with van der Waals surface area (Å²) in [7, 11) is 1.63. The van der Waals surface area contributed by atoms with Gasteiger partial charge in [0.25, 0.3) is 0 Å². The standard InChI is InChI=1S/C13H17BrN2O2S/c1-9-6-10(14)4-5-11(9)15-12(17)7-16(2)13(18)8-19-3/h4-6H,7-8H2,1-3H3,(H,15,17). The topological polar surface area (TPSA) is 49.4 Å². The number of nitrogens with zero attached hydrogens (tertiary/aromatic N) is 1. The van der Waals surface area contributed by atoms with Gasteiger partial charge in [-0.2, -0.15) is 11.8 Å². The number of likely N-dealkylation sites (N-methyl/N-ethyl adjacent to an activating group) is 1. The zero-order valence-corrected chi connectivity index (χ0v) is 13.6. The van der Waals surface area contributed by atoms with E-state index in [-0.39, 0.29) is 18.4 Å². The Morgan fingerprint density at radius 3 is 2.68 bits per heavy atom. The molecule has 6 heteroatoms.